The SMILES string of the molecule is O=C(NC1CCCCC1)/C(=C/c1ccccc1)OC(=O)c1ccccc1. The molecule has 4 nitrogen and oxygen atoms in total. The van der Waals surface area contributed by atoms with E-state index in [4.69, 9.17) is 4.74 Å². The van der Waals surface area contributed by atoms with Gasteiger partial charge in [0, 0.05) is 6.04 Å². The molecule has 1 amide bonds. The van der Waals surface area contributed by atoms with Crippen molar-refractivity contribution in [3.63, 3.8) is 0 Å². The molecule has 26 heavy (non-hydrogen) atoms. The normalized spacial score (nSPS) is 15.3. The van der Waals surface area contributed by atoms with Crippen LogP contribution in [0.15, 0.2) is 66.4 Å². The summed E-state index contributed by atoms with van der Waals surface area (Å²) in [5.41, 5.74) is 1.22. The lowest BCUT2D eigenvalue weighted by Gasteiger charge is -2.23. The zero-order chi connectivity index (χ0) is 18.2. The Morgan fingerprint density at radius 2 is 1.50 bits per heavy atom. The number of ether oxygens (including phenoxy) is 1. The number of rotatable bonds is 5. The highest BCUT2D eigenvalue weighted by Gasteiger charge is 2.21. The van der Waals surface area contributed by atoms with Crippen LogP contribution in [0.2, 0.25) is 0 Å². The van der Waals surface area contributed by atoms with E-state index < -0.39 is 5.97 Å². The Balaban J connectivity index is 1.78. The van der Waals surface area contributed by atoms with Crippen molar-refractivity contribution < 1.29 is 14.3 Å². The maximum Gasteiger partial charge on any atom is 0.343 e. The molecule has 0 spiro atoms. The highest BCUT2D eigenvalue weighted by molar-refractivity contribution is 6.00. The molecule has 1 aliphatic carbocycles. The fourth-order valence-corrected chi connectivity index (χ4v) is 3.08. The minimum atomic E-state index is -0.536. The fraction of sp³-hybridized carbons (Fsp3) is 0.273. The summed E-state index contributed by atoms with van der Waals surface area (Å²) in [7, 11) is 0. The summed E-state index contributed by atoms with van der Waals surface area (Å²) >= 11 is 0. The van der Waals surface area contributed by atoms with Gasteiger partial charge in [-0.1, -0.05) is 67.8 Å². The monoisotopic (exact) mass is 349 g/mol. The molecular formula is C22H23NO3. The number of amides is 1. The van der Waals surface area contributed by atoms with E-state index in [1.54, 1.807) is 30.3 Å². The highest BCUT2D eigenvalue weighted by atomic mass is 16.5. The zero-order valence-electron chi connectivity index (χ0n) is 14.7. The van der Waals surface area contributed by atoms with Crippen molar-refractivity contribution in [1.82, 2.24) is 5.32 Å². The van der Waals surface area contributed by atoms with E-state index in [0.29, 0.717) is 5.56 Å². The van der Waals surface area contributed by atoms with Crippen LogP contribution in [-0.2, 0) is 9.53 Å². The Hall–Kier alpha value is -2.88. The minimum Gasteiger partial charge on any atom is -0.417 e. The molecule has 134 valence electrons. The van der Waals surface area contributed by atoms with Gasteiger partial charge in [-0.2, -0.15) is 0 Å². The molecule has 0 radical (unpaired) electrons. The van der Waals surface area contributed by atoms with Gasteiger partial charge in [-0.05, 0) is 36.6 Å². The van der Waals surface area contributed by atoms with Gasteiger partial charge < -0.3 is 10.1 Å². The smallest absolute Gasteiger partial charge is 0.343 e. The lowest BCUT2D eigenvalue weighted by Crippen LogP contribution is -2.37. The van der Waals surface area contributed by atoms with Gasteiger partial charge in [-0.3, -0.25) is 4.79 Å². The van der Waals surface area contributed by atoms with Crippen molar-refractivity contribution >= 4 is 18.0 Å². The Morgan fingerprint density at radius 3 is 2.15 bits per heavy atom. The van der Waals surface area contributed by atoms with Crippen molar-refractivity contribution in [1.29, 1.82) is 0 Å². The Labute approximate surface area is 153 Å². The van der Waals surface area contributed by atoms with Gasteiger partial charge in [0.1, 0.15) is 0 Å². The maximum atomic E-state index is 12.7. The molecular weight excluding hydrogens is 326 g/mol. The van der Waals surface area contributed by atoms with E-state index in [0.717, 1.165) is 31.2 Å². The van der Waals surface area contributed by atoms with Crippen LogP contribution >= 0.6 is 0 Å². The van der Waals surface area contributed by atoms with E-state index in [-0.39, 0.29) is 17.7 Å². The molecule has 1 fully saturated rings. The summed E-state index contributed by atoms with van der Waals surface area (Å²) in [4.78, 5) is 25.1. The molecule has 0 bridgehead atoms. The van der Waals surface area contributed by atoms with Crippen LogP contribution < -0.4 is 5.32 Å². The molecule has 4 heteroatoms. The van der Waals surface area contributed by atoms with E-state index in [9.17, 15) is 9.59 Å². The van der Waals surface area contributed by atoms with Gasteiger partial charge in [0.15, 0.2) is 5.76 Å². The van der Waals surface area contributed by atoms with E-state index in [2.05, 4.69) is 5.32 Å². The number of carbonyl (C=O) groups excluding carboxylic acids is 2. The molecule has 0 aromatic heterocycles. The first-order chi connectivity index (χ1) is 12.7. The second-order valence-corrected chi connectivity index (χ2v) is 6.48. The third kappa shape index (κ3) is 5.06. The van der Waals surface area contributed by atoms with E-state index in [1.165, 1.54) is 6.42 Å². The predicted molar refractivity (Wildman–Crippen MR) is 101 cm³/mol. The van der Waals surface area contributed by atoms with Gasteiger partial charge in [0.2, 0.25) is 0 Å². The number of carbonyl (C=O) groups is 2. The average Bonchev–Trinajstić information content (AvgIpc) is 2.69. The van der Waals surface area contributed by atoms with Crippen LogP contribution in [0.1, 0.15) is 48.0 Å². The molecule has 0 heterocycles. The van der Waals surface area contributed by atoms with Crippen molar-refractivity contribution in [2.24, 2.45) is 0 Å². The molecule has 1 aliphatic rings. The molecule has 1 saturated carbocycles. The second kappa shape index (κ2) is 8.99. The quantitative estimate of drug-likeness (QED) is 0.496. The van der Waals surface area contributed by atoms with Crippen LogP contribution in [0.4, 0.5) is 0 Å². The summed E-state index contributed by atoms with van der Waals surface area (Å²) in [6.45, 7) is 0. The zero-order valence-corrected chi connectivity index (χ0v) is 14.7. The Morgan fingerprint density at radius 1 is 0.885 bits per heavy atom. The summed E-state index contributed by atoms with van der Waals surface area (Å²) in [6.07, 6.45) is 6.99. The van der Waals surface area contributed by atoms with Crippen molar-refractivity contribution in [2.45, 2.75) is 38.1 Å². The minimum absolute atomic E-state index is 0.0237. The van der Waals surface area contributed by atoms with Gasteiger partial charge in [-0.25, -0.2) is 4.79 Å². The van der Waals surface area contributed by atoms with Crippen LogP contribution in [0.3, 0.4) is 0 Å². The van der Waals surface area contributed by atoms with Crippen LogP contribution in [0, 0.1) is 0 Å². The summed E-state index contributed by atoms with van der Waals surface area (Å²) in [5.74, 6) is -0.854. The number of esters is 1. The Kier molecular flexibility index (Phi) is 6.20. The van der Waals surface area contributed by atoms with Gasteiger partial charge in [-0.15, -0.1) is 0 Å². The first-order valence-corrected chi connectivity index (χ1v) is 9.07. The third-order valence-electron chi connectivity index (χ3n) is 4.47. The van der Waals surface area contributed by atoms with Crippen LogP contribution in [-0.4, -0.2) is 17.9 Å². The largest absolute Gasteiger partial charge is 0.417 e. The van der Waals surface area contributed by atoms with Crippen LogP contribution in [0.25, 0.3) is 6.08 Å². The van der Waals surface area contributed by atoms with Crippen molar-refractivity contribution in [3.8, 4) is 0 Å². The molecule has 3 rings (SSSR count). The molecule has 0 unspecified atom stereocenters. The van der Waals surface area contributed by atoms with Gasteiger partial charge in [0.25, 0.3) is 5.91 Å². The van der Waals surface area contributed by atoms with E-state index >= 15 is 0 Å². The molecule has 0 saturated heterocycles. The predicted octanol–water partition coefficient (Wildman–Crippen LogP) is 4.33. The second-order valence-electron chi connectivity index (χ2n) is 6.48. The molecule has 0 atom stereocenters. The molecule has 0 aliphatic heterocycles. The molecule has 2 aromatic rings. The van der Waals surface area contributed by atoms with Crippen molar-refractivity contribution in [2.75, 3.05) is 0 Å². The first-order valence-electron chi connectivity index (χ1n) is 9.07. The summed E-state index contributed by atoms with van der Waals surface area (Å²) in [6, 6.07) is 18.2. The van der Waals surface area contributed by atoms with E-state index in [1.807, 2.05) is 36.4 Å². The highest BCUT2D eigenvalue weighted by Crippen LogP contribution is 2.19. The number of hydrogen-bond acceptors (Lipinski definition) is 3. The lowest BCUT2D eigenvalue weighted by atomic mass is 9.95. The standard InChI is InChI=1S/C22H23NO3/c24-21(23-19-14-8-3-9-15-19)20(16-17-10-4-1-5-11-17)26-22(25)18-12-6-2-7-13-18/h1-2,4-7,10-13,16,19H,3,8-9,14-15H2,(H,23,24)/b20-16-. The fourth-order valence-electron chi connectivity index (χ4n) is 3.08. The van der Waals surface area contributed by atoms with Crippen molar-refractivity contribution in [3.05, 3.63) is 77.5 Å². The maximum absolute atomic E-state index is 12.7. The van der Waals surface area contributed by atoms with Crippen LogP contribution in [0.5, 0.6) is 0 Å². The van der Waals surface area contributed by atoms with Gasteiger partial charge >= 0.3 is 5.97 Å². The molecule has 1 N–H and O–H groups in total. The Bertz CT molecular complexity index is 762. The third-order valence-corrected chi connectivity index (χ3v) is 4.47. The topological polar surface area (TPSA) is 55.4 Å². The summed E-state index contributed by atoms with van der Waals surface area (Å²) < 4.78 is 5.45. The number of nitrogens with one attached hydrogen (secondary N) is 1. The average molecular weight is 349 g/mol. The lowest BCUT2D eigenvalue weighted by molar-refractivity contribution is -0.120. The molecule has 2 aromatic carbocycles. The number of hydrogen-bond donors (Lipinski definition) is 1. The van der Waals surface area contributed by atoms with Gasteiger partial charge in [0.05, 0.1) is 5.56 Å². The first kappa shape index (κ1) is 17.9. The number of benzene rings is 2. The summed E-state index contributed by atoms with van der Waals surface area (Å²) in [5, 5.41) is 3.01.